The van der Waals surface area contributed by atoms with Crippen LogP contribution in [-0.4, -0.2) is 17.9 Å². The Morgan fingerprint density at radius 1 is 1.29 bits per heavy atom. The highest BCUT2D eigenvalue weighted by Crippen LogP contribution is 2.56. The van der Waals surface area contributed by atoms with Gasteiger partial charge in [0.15, 0.2) is 5.78 Å². The summed E-state index contributed by atoms with van der Waals surface area (Å²) in [7, 11) is 0. The van der Waals surface area contributed by atoms with Gasteiger partial charge < -0.3 is 4.74 Å². The number of ketones is 1. The topological polar surface area (TPSA) is 43.4 Å². The van der Waals surface area contributed by atoms with Crippen molar-refractivity contribution in [3.05, 3.63) is 48.0 Å². The maximum atomic E-state index is 12.2. The standard InChI is InChI=1S/C18H20O3/c1-13(19)21-17-11-14-7-9-18(17,12-14)10-8-16(20)15-5-3-2-4-6-15/h2-6,8,10,14,17H,7,9,11-12H2,1H3. The molecule has 2 bridgehead atoms. The van der Waals surface area contributed by atoms with E-state index in [0.29, 0.717) is 11.5 Å². The van der Waals surface area contributed by atoms with Gasteiger partial charge in [0, 0.05) is 17.9 Å². The van der Waals surface area contributed by atoms with E-state index in [1.165, 1.54) is 13.3 Å². The number of rotatable bonds is 4. The fourth-order valence-electron chi connectivity index (χ4n) is 3.81. The van der Waals surface area contributed by atoms with Crippen LogP contribution in [0.3, 0.4) is 0 Å². The van der Waals surface area contributed by atoms with E-state index in [2.05, 4.69) is 0 Å². The number of hydrogen-bond acceptors (Lipinski definition) is 3. The van der Waals surface area contributed by atoms with E-state index < -0.39 is 0 Å². The van der Waals surface area contributed by atoms with E-state index in [1.807, 2.05) is 36.4 Å². The third-order valence-corrected chi connectivity index (χ3v) is 4.81. The summed E-state index contributed by atoms with van der Waals surface area (Å²) in [6.07, 6.45) is 7.75. The minimum absolute atomic E-state index is 0.0156. The van der Waals surface area contributed by atoms with Gasteiger partial charge in [0.05, 0.1) is 0 Å². The van der Waals surface area contributed by atoms with E-state index in [4.69, 9.17) is 4.74 Å². The zero-order valence-electron chi connectivity index (χ0n) is 12.2. The molecule has 2 aliphatic carbocycles. The molecule has 0 spiro atoms. The summed E-state index contributed by atoms with van der Waals surface area (Å²) in [6.45, 7) is 1.46. The molecule has 0 aliphatic heterocycles. The first-order valence-electron chi connectivity index (χ1n) is 7.55. The second kappa shape index (κ2) is 5.47. The molecule has 0 saturated heterocycles. The van der Waals surface area contributed by atoms with Gasteiger partial charge in [0.25, 0.3) is 0 Å². The Balaban J connectivity index is 1.77. The van der Waals surface area contributed by atoms with Crippen LogP contribution in [0, 0.1) is 11.3 Å². The summed E-state index contributed by atoms with van der Waals surface area (Å²) in [5.41, 5.74) is 0.572. The first kappa shape index (κ1) is 14.1. The lowest BCUT2D eigenvalue weighted by molar-refractivity contribution is -0.151. The number of carbonyl (C=O) groups is 2. The molecule has 2 aliphatic rings. The van der Waals surface area contributed by atoms with Gasteiger partial charge in [-0.3, -0.25) is 9.59 Å². The smallest absolute Gasteiger partial charge is 0.302 e. The van der Waals surface area contributed by atoms with Gasteiger partial charge in [0.2, 0.25) is 0 Å². The summed E-state index contributed by atoms with van der Waals surface area (Å²) < 4.78 is 5.48. The lowest BCUT2D eigenvalue weighted by atomic mass is 9.81. The average Bonchev–Trinajstić information content (AvgIpc) is 3.03. The Kier molecular flexibility index (Phi) is 3.66. The van der Waals surface area contributed by atoms with E-state index >= 15 is 0 Å². The number of ether oxygens (including phenoxy) is 1. The van der Waals surface area contributed by atoms with Gasteiger partial charge in [-0.1, -0.05) is 36.4 Å². The maximum Gasteiger partial charge on any atom is 0.302 e. The molecule has 3 atom stereocenters. The van der Waals surface area contributed by atoms with Gasteiger partial charge in [0.1, 0.15) is 6.10 Å². The lowest BCUT2D eigenvalue weighted by Gasteiger charge is -2.31. The molecule has 1 aromatic rings. The number of fused-ring (bicyclic) bond motifs is 2. The summed E-state index contributed by atoms with van der Waals surface area (Å²) in [4.78, 5) is 23.5. The van der Waals surface area contributed by atoms with Crippen LogP contribution < -0.4 is 0 Å². The first-order valence-corrected chi connectivity index (χ1v) is 7.55. The summed E-state index contributed by atoms with van der Waals surface area (Å²) in [5.74, 6) is 0.419. The third-order valence-electron chi connectivity index (χ3n) is 4.81. The zero-order valence-corrected chi connectivity index (χ0v) is 12.2. The van der Waals surface area contributed by atoms with Gasteiger partial charge >= 0.3 is 5.97 Å². The summed E-state index contributed by atoms with van der Waals surface area (Å²) >= 11 is 0. The highest BCUT2D eigenvalue weighted by Gasteiger charge is 2.52. The molecule has 21 heavy (non-hydrogen) atoms. The van der Waals surface area contributed by atoms with E-state index in [1.54, 1.807) is 6.08 Å². The second-order valence-electron chi connectivity index (χ2n) is 6.24. The van der Waals surface area contributed by atoms with Crippen LogP contribution in [0.2, 0.25) is 0 Å². The van der Waals surface area contributed by atoms with Crippen LogP contribution in [0.1, 0.15) is 43.0 Å². The largest absolute Gasteiger partial charge is 0.462 e. The maximum absolute atomic E-state index is 12.2. The third kappa shape index (κ3) is 2.78. The molecule has 3 rings (SSSR count). The minimum atomic E-state index is -0.227. The Morgan fingerprint density at radius 3 is 2.71 bits per heavy atom. The van der Waals surface area contributed by atoms with Crippen molar-refractivity contribution >= 4 is 11.8 Å². The Morgan fingerprint density at radius 2 is 2.05 bits per heavy atom. The SMILES string of the molecule is CC(=O)OC1CC2CCC1(C=CC(=O)c1ccccc1)C2. The van der Waals surface area contributed by atoms with E-state index in [0.717, 1.165) is 19.3 Å². The molecule has 2 saturated carbocycles. The molecule has 0 N–H and O–H groups in total. The van der Waals surface area contributed by atoms with Crippen molar-refractivity contribution in [1.82, 2.24) is 0 Å². The van der Waals surface area contributed by atoms with Crippen LogP contribution in [0.5, 0.6) is 0 Å². The molecular formula is C18H20O3. The first-order chi connectivity index (χ1) is 10.1. The molecule has 0 amide bonds. The molecule has 110 valence electrons. The van der Waals surface area contributed by atoms with Crippen molar-refractivity contribution in [1.29, 1.82) is 0 Å². The normalized spacial score (nSPS) is 30.7. The van der Waals surface area contributed by atoms with Crippen molar-refractivity contribution in [2.24, 2.45) is 11.3 Å². The Bertz CT molecular complexity index is 575. The van der Waals surface area contributed by atoms with Gasteiger partial charge in [-0.05, 0) is 37.7 Å². The second-order valence-corrected chi connectivity index (χ2v) is 6.24. The molecule has 0 aromatic heterocycles. The van der Waals surface area contributed by atoms with E-state index in [-0.39, 0.29) is 23.3 Å². The van der Waals surface area contributed by atoms with E-state index in [9.17, 15) is 9.59 Å². The van der Waals surface area contributed by atoms with Crippen molar-refractivity contribution in [2.75, 3.05) is 0 Å². The molecule has 1 aromatic carbocycles. The molecular weight excluding hydrogens is 264 g/mol. The van der Waals surface area contributed by atoms with Gasteiger partial charge in [-0.15, -0.1) is 0 Å². The quantitative estimate of drug-likeness (QED) is 0.482. The molecule has 3 nitrogen and oxygen atoms in total. The minimum Gasteiger partial charge on any atom is -0.462 e. The van der Waals surface area contributed by atoms with Gasteiger partial charge in [-0.2, -0.15) is 0 Å². The van der Waals surface area contributed by atoms with Crippen molar-refractivity contribution < 1.29 is 14.3 Å². The number of carbonyl (C=O) groups excluding carboxylic acids is 2. The summed E-state index contributed by atoms with van der Waals surface area (Å²) in [6, 6.07) is 9.26. The Hall–Kier alpha value is -1.90. The predicted octanol–water partition coefficient (Wildman–Crippen LogP) is 3.55. The Labute approximate surface area is 125 Å². The highest BCUT2D eigenvalue weighted by molar-refractivity contribution is 6.04. The molecule has 3 unspecified atom stereocenters. The zero-order chi connectivity index (χ0) is 14.9. The van der Waals surface area contributed by atoms with Crippen molar-refractivity contribution in [2.45, 2.75) is 38.7 Å². The molecule has 2 fully saturated rings. The van der Waals surface area contributed by atoms with Crippen LogP contribution in [0.15, 0.2) is 42.5 Å². The molecule has 0 radical (unpaired) electrons. The molecule has 3 heteroatoms. The fraction of sp³-hybridized carbons (Fsp3) is 0.444. The number of benzene rings is 1. The predicted molar refractivity (Wildman–Crippen MR) is 79.9 cm³/mol. The van der Waals surface area contributed by atoms with Crippen molar-refractivity contribution in [3.8, 4) is 0 Å². The number of allylic oxidation sites excluding steroid dienone is 1. The lowest BCUT2D eigenvalue weighted by Crippen LogP contribution is -2.32. The van der Waals surface area contributed by atoms with Crippen molar-refractivity contribution in [3.63, 3.8) is 0 Å². The molecule has 0 heterocycles. The van der Waals surface area contributed by atoms with Crippen LogP contribution in [0.25, 0.3) is 0 Å². The van der Waals surface area contributed by atoms with Gasteiger partial charge in [-0.25, -0.2) is 0 Å². The number of hydrogen-bond donors (Lipinski definition) is 0. The average molecular weight is 284 g/mol. The van der Waals surface area contributed by atoms with Crippen LogP contribution in [-0.2, 0) is 9.53 Å². The van der Waals surface area contributed by atoms with Crippen LogP contribution in [0.4, 0.5) is 0 Å². The fourth-order valence-corrected chi connectivity index (χ4v) is 3.81. The number of esters is 1. The highest BCUT2D eigenvalue weighted by atomic mass is 16.5. The van der Waals surface area contributed by atoms with Crippen LogP contribution >= 0.6 is 0 Å². The monoisotopic (exact) mass is 284 g/mol. The summed E-state index contributed by atoms with van der Waals surface area (Å²) in [5, 5.41) is 0.